The van der Waals surface area contributed by atoms with Crippen LogP contribution in [-0.4, -0.2) is 38.6 Å². The molecule has 0 aromatic heterocycles. The van der Waals surface area contributed by atoms with E-state index in [2.05, 4.69) is 5.32 Å². The standard InChI is InChI=1S/C14H19NO5/c1-9(2)15-11(14(16)17-3)7-18-10-4-5-12-13(6-10)20-8-19-12/h4-6,9,11,15H,7-8H2,1-3H3. The van der Waals surface area contributed by atoms with E-state index < -0.39 is 6.04 Å². The molecule has 20 heavy (non-hydrogen) atoms. The third-order valence-electron chi connectivity index (χ3n) is 2.78. The van der Waals surface area contributed by atoms with Gasteiger partial charge in [-0.15, -0.1) is 0 Å². The first-order chi connectivity index (χ1) is 9.60. The SMILES string of the molecule is COC(=O)C(COc1ccc2c(c1)OCO2)NC(C)C. The number of nitrogens with one attached hydrogen (secondary N) is 1. The van der Waals surface area contributed by atoms with Gasteiger partial charge in [0.2, 0.25) is 6.79 Å². The number of hydrogen-bond donors (Lipinski definition) is 1. The summed E-state index contributed by atoms with van der Waals surface area (Å²) in [6, 6.07) is 4.94. The van der Waals surface area contributed by atoms with Crippen molar-refractivity contribution in [1.82, 2.24) is 5.32 Å². The molecule has 0 saturated carbocycles. The molecule has 1 aromatic carbocycles. The largest absolute Gasteiger partial charge is 0.491 e. The first-order valence-corrected chi connectivity index (χ1v) is 6.46. The summed E-state index contributed by atoms with van der Waals surface area (Å²) in [6.45, 7) is 4.32. The van der Waals surface area contributed by atoms with E-state index in [9.17, 15) is 4.79 Å². The van der Waals surface area contributed by atoms with Gasteiger partial charge in [-0.1, -0.05) is 13.8 Å². The third kappa shape index (κ3) is 3.54. The van der Waals surface area contributed by atoms with Crippen molar-refractivity contribution in [3.8, 4) is 17.2 Å². The molecule has 1 heterocycles. The summed E-state index contributed by atoms with van der Waals surface area (Å²) < 4.78 is 20.9. The Labute approximate surface area is 118 Å². The summed E-state index contributed by atoms with van der Waals surface area (Å²) in [5, 5.41) is 3.10. The zero-order chi connectivity index (χ0) is 14.5. The molecule has 0 spiro atoms. The average Bonchev–Trinajstić information content (AvgIpc) is 2.89. The van der Waals surface area contributed by atoms with Gasteiger partial charge in [-0.3, -0.25) is 10.1 Å². The van der Waals surface area contributed by atoms with Crippen molar-refractivity contribution >= 4 is 5.97 Å². The second-order valence-corrected chi connectivity index (χ2v) is 4.72. The van der Waals surface area contributed by atoms with E-state index in [1.54, 1.807) is 18.2 Å². The number of carbonyl (C=O) groups is 1. The summed E-state index contributed by atoms with van der Waals surface area (Å²) in [4.78, 5) is 11.6. The van der Waals surface area contributed by atoms with Crippen LogP contribution in [0.15, 0.2) is 18.2 Å². The highest BCUT2D eigenvalue weighted by Gasteiger charge is 2.21. The Morgan fingerprint density at radius 3 is 2.80 bits per heavy atom. The minimum atomic E-state index is -0.509. The molecule has 0 amide bonds. The van der Waals surface area contributed by atoms with Gasteiger partial charge in [0.05, 0.1) is 7.11 Å². The predicted molar refractivity (Wildman–Crippen MR) is 72.1 cm³/mol. The van der Waals surface area contributed by atoms with Crippen LogP contribution in [0.4, 0.5) is 0 Å². The molecule has 1 unspecified atom stereocenters. The van der Waals surface area contributed by atoms with Crippen LogP contribution in [0.1, 0.15) is 13.8 Å². The van der Waals surface area contributed by atoms with Crippen molar-refractivity contribution < 1.29 is 23.7 Å². The van der Waals surface area contributed by atoms with Crippen LogP contribution in [0.5, 0.6) is 17.2 Å². The first kappa shape index (κ1) is 14.5. The summed E-state index contributed by atoms with van der Waals surface area (Å²) in [5.41, 5.74) is 0. The van der Waals surface area contributed by atoms with E-state index in [0.29, 0.717) is 17.2 Å². The molecule has 1 aromatic rings. The third-order valence-corrected chi connectivity index (χ3v) is 2.78. The Hall–Kier alpha value is -1.95. The van der Waals surface area contributed by atoms with Crippen molar-refractivity contribution in [3.63, 3.8) is 0 Å². The fourth-order valence-corrected chi connectivity index (χ4v) is 1.88. The number of carbonyl (C=O) groups excluding carboxylic acids is 1. The van der Waals surface area contributed by atoms with Gasteiger partial charge in [0.1, 0.15) is 18.4 Å². The van der Waals surface area contributed by atoms with Gasteiger partial charge in [0, 0.05) is 12.1 Å². The van der Waals surface area contributed by atoms with E-state index >= 15 is 0 Å². The lowest BCUT2D eigenvalue weighted by Crippen LogP contribution is -2.45. The lowest BCUT2D eigenvalue weighted by atomic mass is 10.2. The van der Waals surface area contributed by atoms with Gasteiger partial charge >= 0.3 is 5.97 Å². The first-order valence-electron chi connectivity index (χ1n) is 6.46. The van der Waals surface area contributed by atoms with Crippen LogP contribution >= 0.6 is 0 Å². The number of ether oxygens (including phenoxy) is 4. The molecule has 2 rings (SSSR count). The number of methoxy groups -OCH3 is 1. The van der Waals surface area contributed by atoms with E-state index in [-0.39, 0.29) is 25.4 Å². The Morgan fingerprint density at radius 2 is 2.10 bits per heavy atom. The normalized spacial score (nSPS) is 14.2. The molecule has 1 aliphatic heterocycles. The van der Waals surface area contributed by atoms with E-state index in [0.717, 1.165) is 0 Å². The monoisotopic (exact) mass is 281 g/mol. The molecular formula is C14H19NO5. The average molecular weight is 281 g/mol. The van der Waals surface area contributed by atoms with Crippen LogP contribution < -0.4 is 19.5 Å². The Kier molecular flexibility index (Phi) is 4.68. The lowest BCUT2D eigenvalue weighted by molar-refractivity contribution is -0.144. The van der Waals surface area contributed by atoms with E-state index in [1.807, 2.05) is 13.8 Å². The number of hydrogen-bond acceptors (Lipinski definition) is 6. The van der Waals surface area contributed by atoms with Crippen molar-refractivity contribution in [2.75, 3.05) is 20.5 Å². The quantitative estimate of drug-likeness (QED) is 0.794. The van der Waals surface area contributed by atoms with Crippen molar-refractivity contribution in [2.24, 2.45) is 0 Å². The summed E-state index contributed by atoms with van der Waals surface area (Å²) in [5.74, 6) is 1.62. The van der Waals surface area contributed by atoms with Crippen molar-refractivity contribution in [2.45, 2.75) is 25.9 Å². The van der Waals surface area contributed by atoms with Gasteiger partial charge < -0.3 is 18.9 Å². The van der Waals surface area contributed by atoms with Gasteiger partial charge in [-0.2, -0.15) is 0 Å². The van der Waals surface area contributed by atoms with E-state index in [1.165, 1.54) is 7.11 Å². The summed E-state index contributed by atoms with van der Waals surface area (Å²) in [7, 11) is 1.36. The number of rotatable bonds is 6. The zero-order valence-electron chi connectivity index (χ0n) is 11.8. The molecule has 6 heteroatoms. The highest BCUT2D eigenvalue weighted by atomic mass is 16.7. The Bertz CT molecular complexity index is 475. The van der Waals surface area contributed by atoms with Gasteiger partial charge in [0.25, 0.3) is 0 Å². The molecule has 110 valence electrons. The molecule has 1 aliphatic rings. The van der Waals surface area contributed by atoms with Crippen LogP contribution in [0.25, 0.3) is 0 Å². The Balaban J connectivity index is 1.96. The fraction of sp³-hybridized carbons (Fsp3) is 0.500. The Morgan fingerprint density at radius 1 is 1.35 bits per heavy atom. The van der Waals surface area contributed by atoms with Crippen molar-refractivity contribution in [3.05, 3.63) is 18.2 Å². The van der Waals surface area contributed by atoms with Gasteiger partial charge in [-0.05, 0) is 12.1 Å². The van der Waals surface area contributed by atoms with Crippen LogP contribution in [0.3, 0.4) is 0 Å². The molecule has 0 fully saturated rings. The maximum atomic E-state index is 11.6. The molecule has 0 saturated heterocycles. The smallest absolute Gasteiger partial charge is 0.326 e. The molecular weight excluding hydrogens is 262 g/mol. The maximum absolute atomic E-state index is 11.6. The summed E-state index contributed by atoms with van der Waals surface area (Å²) in [6.07, 6.45) is 0. The molecule has 0 aliphatic carbocycles. The van der Waals surface area contributed by atoms with Gasteiger partial charge in [0.15, 0.2) is 11.5 Å². The molecule has 6 nitrogen and oxygen atoms in total. The minimum absolute atomic E-state index is 0.152. The zero-order valence-corrected chi connectivity index (χ0v) is 11.8. The molecule has 0 radical (unpaired) electrons. The molecule has 0 bridgehead atoms. The molecule has 1 atom stereocenters. The predicted octanol–water partition coefficient (Wildman–Crippen LogP) is 1.33. The minimum Gasteiger partial charge on any atom is -0.491 e. The number of benzene rings is 1. The number of esters is 1. The topological polar surface area (TPSA) is 66.0 Å². The lowest BCUT2D eigenvalue weighted by Gasteiger charge is -2.19. The maximum Gasteiger partial charge on any atom is 0.326 e. The summed E-state index contributed by atoms with van der Waals surface area (Å²) >= 11 is 0. The van der Waals surface area contributed by atoms with Crippen LogP contribution in [0.2, 0.25) is 0 Å². The highest BCUT2D eigenvalue weighted by Crippen LogP contribution is 2.35. The number of fused-ring (bicyclic) bond motifs is 1. The van der Waals surface area contributed by atoms with Crippen molar-refractivity contribution in [1.29, 1.82) is 0 Å². The second kappa shape index (κ2) is 6.47. The van der Waals surface area contributed by atoms with Crippen LogP contribution in [-0.2, 0) is 9.53 Å². The highest BCUT2D eigenvalue weighted by molar-refractivity contribution is 5.75. The van der Waals surface area contributed by atoms with E-state index in [4.69, 9.17) is 18.9 Å². The van der Waals surface area contributed by atoms with Crippen LogP contribution in [0, 0.1) is 0 Å². The van der Waals surface area contributed by atoms with Gasteiger partial charge in [-0.25, -0.2) is 0 Å². The fourth-order valence-electron chi connectivity index (χ4n) is 1.88. The second-order valence-electron chi connectivity index (χ2n) is 4.72. The molecule has 1 N–H and O–H groups in total.